The minimum absolute atomic E-state index is 0.00938. The van der Waals surface area contributed by atoms with E-state index in [0.29, 0.717) is 5.56 Å². The number of aromatic nitrogens is 3. The van der Waals surface area contributed by atoms with E-state index < -0.39 is 16.1 Å². The first-order chi connectivity index (χ1) is 8.94. The molecule has 1 unspecified atom stereocenters. The summed E-state index contributed by atoms with van der Waals surface area (Å²) >= 11 is 1.46. The maximum absolute atomic E-state index is 12.2. The fourth-order valence-corrected chi connectivity index (χ4v) is 3.79. The van der Waals surface area contributed by atoms with Crippen LogP contribution in [0.4, 0.5) is 0 Å². The molecule has 0 radical (unpaired) electrons. The van der Waals surface area contributed by atoms with Crippen molar-refractivity contribution in [2.75, 3.05) is 0 Å². The van der Waals surface area contributed by atoms with Crippen LogP contribution in [0.15, 0.2) is 17.4 Å². The number of aromatic amines is 1. The number of thiazole rings is 1. The van der Waals surface area contributed by atoms with Crippen molar-refractivity contribution >= 4 is 21.4 Å². The Morgan fingerprint density at radius 3 is 2.84 bits per heavy atom. The zero-order valence-corrected chi connectivity index (χ0v) is 12.2. The molecular formula is C10H15N5O2S2. The van der Waals surface area contributed by atoms with Gasteiger partial charge in [-0.2, -0.15) is 5.10 Å². The van der Waals surface area contributed by atoms with E-state index in [0.717, 1.165) is 9.88 Å². The highest BCUT2D eigenvalue weighted by molar-refractivity contribution is 7.89. The first-order valence-corrected chi connectivity index (χ1v) is 7.91. The van der Waals surface area contributed by atoms with Crippen molar-refractivity contribution in [3.05, 3.63) is 27.8 Å². The molecule has 9 heteroatoms. The van der Waals surface area contributed by atoms with Crippen LogP contribution in [0.3, 0.4) is 0 Å². The summed E-state index contributed by atoms with van der Waals surface area (Å²) in [6, 6.07) is -0.405. The van der Waals surface area contributed by atoms with E-state index in [-0.39, 0.29) is 11.6 Å². The molecule has 0 aliphatic rings. The van der Waals surface area contributed by atoms with Crippen LogP contribution in [-0.2, 0) is 16.6 Å². The Balaban J connectivity index is 2.22. The number of aryl methyl sites for hydroxylation is 1. The lowest BCUT2D eigenvalue weighted by molar-refractivity contribution is 0.561. The molecule has 2 aromatic rings. The lowest BCUT2D eigenvalue weighted by Gasteiger charge is -2.11. The summed E-state index contributed by atoms with van der Waals surface area (Å²) in [6.45, 7) is 3.77. The van der Waals surface area contributed by atoms with E-state index in [4.69, 9.17) is 5.73 Å². The molecule has 2 aromatic heterocycles. The van der Waals surface area contributed by atoms with Crippen molar-refractivity contribution in [3.8, 4) is 0 Å². The van der Waals surface area contributed by atoms with Gasteiger partial charge in [-0.15, -0.1) is 11.3 Å². The zero-order valence-electron chi connectivity index (χ0n) is 10.5. The van der Waals surface area contributed by atoms with Crippen LogP contribution in [0.1, 0.15) is 28.4 Å². The monoisotopic (exact) mass is 301 g/mol. The van der Waals surface area contributed by atoms with E-state index in [2.05, 4.69) is 19.9 Å². The van der Waals surface area contributed by atoms with Gasteiger partial charge in [0.1, 0.15) is 5.01 Å². The first kappa shape index (κ1) is 14.1. The van der Waals surface area contributed by atoms with E-state index >= 15 is 0 Å². The fourth-order valence-electron chi connectivity index (χ4n) is 1.59. The van der Waals surface area contributed by atoms with Crippen LogP contribution >= 0.6 is 11.3 Å². The van der Waals surface area contributed by atoms with E-state index in [9.17, 15) is 8.42 Å². The van der Waals surface area contributed by atoms with Gasteiger partial charge >= 0.3 is 0 Å². The van der Waals surface area contributed by atoms with Crippen molar-refractivity contribution < 1.29 is 8.42 Å². The maximum atomic E-state index is 12.2. The second-order valence-electron chi connectivity index (χ2n) is 4.08. The maximum Gasteiger partial charge on any atom is 0.258 e. The lowest BCUT2D eigenvalue weighted by Crippen LogP contribution is -2.28. The van der Waals surface area contributed by atoms with Crippen molar-refractivity contribution in [2.24, 2.45) is 5.73 Å². The Morgan fingerprint density at radius 1 is 1.53 bits per heavy atom. The number of nitrogens with two attached hydrogens (primary N) is 1. The van der Waals surface area contributed by atoms with Crippen molar-refractivity contribution in [2.45, 2.75) is 31.5 Å². The Morgan fingerprint density at radius 2 is 2.26 bits per heavy atom. The van der Waals surface area contributed by atoms with Crippen molar-refractivity contribution in [3.63, 3.8) is 0 Å². The second-order valence-corrected chi connectivity index (χ2v) is 7.00. The molecule has 2 rings (SSSR count). The van der Waals surface area contributed by atoms with Gasteiger partial charge in [-0.3, -0.25) is 5.10 Å². The van der Waals surface area contributed by atoms with Crippen LogP contribution in [0, 0.1) is 6.92 Å². The predicted molar refractivity (Wildman–Crippen MR) is 72.1 cm³/mol. The number of hydrogen-bond donors (Lipinski definition) is 3. The lowest BCUT2D eigenvalue weighted by atomic mass is 10.4. The highest BCUT2D eigenvalue weighted by Gasteiger charge is 2.24. The normalized spacial score (nSPS) is 13.6. The van der Waals surface area contributed by atoms with E-state index in [1.54, 1.807) is 13.1 Å². The summed E-state index contributed by atoms with van der Waals surface area (Å²) in [6.07, 6.45) is 3.12. The predicted octanol–water partition coefficient (Wildman–Crippen LogP) is 0.673. The molecule has 19 heavy (non-hydrogen) atoms. The average molecular weight is 301 g/mol. The number of hydrogen-bond acceptors (Lipinski definition) is 6. The van der Waals surface area contributed by atoms with Crippen molar-refractivity contribution in [1.82, 2.24) is 19.9 Å². The molecule has 0 fully saturated rings. The highest BCUT2D eigenvalue weighted by atomic mass is 32.2. The molecule has 0 amide bonds. The summed E-state index contributed by atoms with van der Waals surface area (Å²) in [7, 11) is -3.68. The quantitative estimate of drug-likeness (QED) is 0.751. The van der Waals surface area contributed by atoms with Crippen LogP contribution in [0.25, 0.3) is 0 Å². The topological polar surface area (TPSA) is 114 Å². The molecule has 2 heterocycles. The summed E-state index contributed by atoms with van der Waals surface area (Å²) < 4.78 is 27.0. The molecule has 0 saturated carbocycles. The number of nitrogens with one attached hydrogen (secondary N) is 2. The molecule has 4 N–H and O–H groups in total. The van der Waals surface area contributed by atoms with Gasteiger partial charge in [-0.05, 0) is 13.8 Å². The zero-order chi connectivity index (χ0) is 14.0. The van der Waals surface area contributed by atoms with E-state index in [1.165, 1.54) is 17.5 Å². The standard InChI is InChI=1S/C10H15N5O2S2/c1-6-4-12-9(18-6)7(2)15-19(16,17)10-8(3-11)5-13-14-10/h4-5,7,15H,3,11H2,1-2H3,(H,13,14). The molecule has 1 atom stereocenters. The number of rotatable bonds is 5. The van der Waals surface area contributed by atoms with Crippen molar-refractivity contribution in [1.29, 1.82) is 0 Å². The Kier molecular flexibility index (Phi) is 3.99. The summed E-state index contributed by atoms with van der Waals surface area (Å²) in [5, 5.41) is 6.89. The molecule has 104 valence electrons. The van der Waals surface area contributed by atoms with Gasteiger partial charge in [0.2, 0.25) is 0 Å². The first-order valence-electron chi connectivity index (χ1n) is 5.61. The van der Waals surface area contributed by atoms with Gasteiger partial charge in [0.15, 0.2) is 5.03 Å². The minimum Gasteiger partial charge on any atom is -0.326 e. The van der Waals surface area contributed by atoms with Crippen LogP contribution in [0.5, 0.6) is 0 Å². The Hall–Kier alpha value is -1.29. The molecular weight excluding hydrogens is 286 g/mol. The Bertz CT molecular complexity index is 661. The number of nitrogens with zero attached hydrogens (tertiary/aromatic N) is 2. The van der Waals surface area contributed by atoms with Gasteiger partial charge in [-0.25, -0.2) is 18.1 Å². The fraction of sp³-hybridized carbons (Fsp3) is 0.400. The molecule has 0 aromatic carbocycles. The summed E-state index contributed by atoms with van der Waals surface area (Å²) in [4.78, 5) is 5.20. The summed E-state index contributed by atoms with van der Waals surface area (Å²) in [5.41, 5.74) is 5.93. The SMILES string of the molecule is Cc1cnc(C(C)NS(=O)(=O)c2[nH]ncc2CN)s1. The van der Waals surface area contributed by atoms with Gasteiger partial charge in [0, 0.05) is 23.2 Å². The third-order valence-electron chi connectivity index (χ3n) is 2.51. The molecule has 0 aliphatic heterocycles. The largest absolute Gasteiger partial charge is 0.326 e. The van der Waals surface area contributed by atoms with Gasteiger partial charge in [0.25, 0.3) is 10.0 Å². The van der Waals surface area contributed by atoms with Gasteiger partial charge in [0.05, 0.1) is 12.2 Å². The molecule has 0 spiro atoms. The third kappa shape index (κ3) is 3.00. The Labute approximate surface area is 115 Å². The number of sulfonamides is 1. The molecule has 7 nitrogen and oxygen atoms in total. The van der Waals surface area contributed by atoms with Crippen LogP contribution < -0.4 is 10.5 Å². The van der Waals surface area contributed by atoms with Gasteiger partial charge in [-0.1, -0.05) is 0 Å². The third-order valence-corrected chi connectivity index (χ3v) is 5.16. The van der Waals surface area contributed by atoms with Crippen LogP contribution in [-0.4, -0.2) is 23.6 Å². The minimum atomic E-state index is -3.68. The average Bonchev–Trinajstić information content (AvgIpc) is 2.96. The second kappa shape index (κ2) is 5.37. The highest BCUT2D eigenvalue weighted by Crippen LogP contribution is 2.21. The van der Waals surface area contributed by atoms with Gasteiger partial charge < -0.3 is 5.73 Å². The van der Waals surface area contributed by atoms with E-state index in [1.807, 2.05) is 6.92 Å². The molecule has 0 aliphatic carbocycles. The number of H-pyrrole nitrogens is 1. The van der Waals surface area contributed by atoms with Crippen LogP contribution in [0.2, 0.25) is 0 Å². The smallest absolute Gasteiger partial charge is 0.258 e. The summed E-state index contributed by atoms with van der Waals surface area (Å²) in [5.74, 6) is 0. The molecule has 0 saturated heterocycles. The molecule has 0 bridgehead atoms.